The van der Waals surface area contributed by atoms with Crippen LogP contribution in [-0.2, 0) is 13.0 Å². The highest BCUT2D eigenvalue weighted by Crippen LogP contribution is 2.23. The molecule has 0 saturated carbocycles. The molecule has 0 spiro atoms. The van der Waals surface area contributed by atoms with Gasteiger partial charge in [-0.05, 0) is 60.9 Å². The predicted octanol–water partition coefficient (Wildman–Crippen LogP) is 3.27. The van der Waals surface area contributed by atoms with Gasteiger partial charge < -0.3 is 5.73 Å². The largest absolute Gasteiger partial charge is 0.326 e. The molecule has 0 aliphatic rings. The van der Waals surface area contributed by atoms with Crippen LogP contribution in [0.2, 0.25) is 0 Å². The average molecular weight is 205 g/mol. The Morgan fingerprint density at radius 3 is 2.00 bits per heavy atom. The fourth-order valence-electron chi connectivity index (χ4n) is 2.05. The maximum absolute atomic E-state index is 5.77. The second-order valence-electron chi connectivity index (χ2n) is 4.87. The minimum Gasteiger partial charge on any atom is -0.326 e. The van der Waals surface area contributed by atoms with Crippen LogP contribution in [0.1, 0.15) is 41.7 Å². The molecule has 0 heterocycles. The molecule has 0 bridgehead atoms. The van der Waals surface area contributed by atoms with E-state index < -0.39 is 0 Å². The van der Waals surface area contributed by atoms with Crippen LogP contribution in [0.3, 0.4) is 0 Å². The fourth-order valence-corrected chi connectivity index (χ4v) is 2.05. The summed E-state index contributed by atoms with van der Waals surface area (Å²) in [5.41, 5.74) is 12.8. The van der Waals surface area contributed by atoms with E-state index in [0.29, 0.717) is 12.5 Å². The third-order valence-electron chi connectivity index (χ3n) is 3.28. The van der Waals surface area contributed by atoms with E-state index in [-0.39, 0.29) is 0 Å². The quantitative estimate of drug-likeness (QED) is 0.805. The molecule has 0 radical (unpaired) electrons. The molecular weight excluding hydrogens is 182 g/mol. The van der Waals surface area contributed by atoms with Crippen LogP contribution < -0.4 is 5.73 Å². The third kappa shape index (κ3) is 2.60. The molecule has 0 amide bonds. The maximum Gasteiger partial charge on any atom is 0.0180 e. The first-order valence-electron chi connectivity index (χ1n) is 5.76. The standard InChI is InChI=1S/C14H23N/c1-9(2)6-13-7-14(8-15)12(5)10(3)11(13)4/h7,9H,6,8,15H2,1-5H3. The van der Waals surface area contributed by atoms with Crippen LogP contribution in [0.15, 0.2) is 6.07 Å². The van der Waals surface area contributed by atoms with Crippen LogP contribution in [0.4, 0.5) is 0 Å². The Morgan fingerprint density at radius 2 is 1.53 bits per heavy atom. The molecule has 1 aromatic rings. The van der Waals surface area contributed by atoms with Crippen molar-refractivity contribution in [2.24, 2.45) is 11.7 Å². The minimum atomic E-state index is 0.651. The molecule has 1 rings (SSSR count). The summed E-state index contributed by atoms with van der Waals surface area (Å²) in [4.78, 5) is 0. The summed E-state index contributed by atoms with van der Waals surface area (Å²) in [5, 5.41) is 0. The lowest BCUT2D eigenvalue weighted by Gasteiger charge is -2.16. The van der Waals surface area contributed by atoms with E-state index in [9.17, 15) is 0 Å². The SMILES string of the molecule is Cc1c(CN)cc(CC(C)C)c(C)c1C. The van der Waals surface area contributed by atoms with Crippen LogP contribution in [-0.4, -0.2) is 0 Å². The summed E-state index contributed by atoms with van der Waals surface area (Å²) in [5.74, 6) is 0.705. The summed E-state index contributed by atoms with van der Waals surface area (Å²) in [6.45, 7) is 11.8. The van der Waals surface area contributed by atoms with Gasteiger partial charge in [0.25, 0.3) is 0 Å². The first-order valence-corrected chi connectivity index (χ1v) is 5.76. The first kappa shape index (κ1) is 12.3. The normalized spacial score (nSPS) is 11.1. The van der Waals surface area contributed by atoms with E-state index in [1.54, 1.807) is 0 Å². The van der Waals surface area contributed by atoms with Crippen molar-refractivity contribution in [3.05, 3.63) is 33.9 Å². The van der Waals surface area contributed by atoms with Gasteiger partial charge in [-0.2, -0.15) is 0 Å². The van der Waals surface area contributed by atoms with E-state index in [2.05, 4.69) is 40.7 Å². The Bertz CT molecular complexity index is 351. The van der Waals surface area contributed by atoms with Crippen molar-refractivity contribution in [2.75, 3.05) is 0 Å². The second-order valence-corrected chi connectivity index (χ2v) is 4.87. The lowest BCUT2D eigenvalue weighted by molar-refractivity contribution is 0.643. The molecule has 15 heavy (non-hydrogen) atoms. The highest BCUT2D eigenvalue weighted by Gasteiger charge is 2.09. The van der Waals surface area contributed by atoms with Crippen molar-refractivity contribution in [2.45, 2.75) is 47.6 Å². The number of hydrogen-bond donors (Lipinski definition) is 1. The summed E-state index contributed by atoms with van der Waals surface area (Å²) < 4.78 is 0. The number of nitrogens with two attached hydrogens (primary N) is 1. The van der Waals surface area contributed by atoms with E-state index in [4.69, 9.17) is 5.73 Å². The Balaban J connectivity index is 3.22. The topological polar surface area (TPSA) is 26.0 Å². The molecule has 2 N–H and O–H groups in total. The van der Waals surface area contributed by atoms with E-state index in [1.807, 2.05) is 0 Å². The molecule has 0 aliphatic heterocycles. The molecule has 84 valence electrons. The van der Waals surface area contributed by atoms with E-state index >= 15 is 0 Å². The van der Waals surface area contributed by atoms with Crippen molar-refractivity contribution < 1.29 is 0 Å². The van der Waals surface area contributed by atoms with Crippen LogP contribution in [0.25, 0.3) is 0 Å². The van der Waals surface area contributed by atoms with Gasteiger partial charge in [0, 0.05) is 6.54 Å². The van der Waals surface area contributed by atoms with Gasteiger partial charge >= 0.3 is 0 Å². The van der Waals surface area contributed by atoms with Crippen molar-refractivity contribution in [1.29, 1.82) is 0 Å². The Labute approximate surface area is 93.7 Å². The number of benzene rings is 1. The number of hydrogen-bond acceptors (Lipinski definition) is 1. The summed E-state index contributed by atoms with van der Waals surface area (Å²) in [6.07, 6.45) is 1.15. The second kappa shape index (κ2) is 4.80. The summed E-state index contributed by atoms with van der Waals surface area (Å²) >= 11 is 0. The van der Waals surface area contributed by atoms with Gasteiger partial charge in [-0.15, -0.1) is 0 Å². The smallest absolute Gasteiger partial charge is 0.0180 e. The molecule has 0 unspecified atom stereocenters. The molecule has 0 saturated heterocycles. The zero-order valence-electron chi connectivity index (χ0n) is 10.6. The van der Waals surface area contributed by atoms with Crippen LogP contribution in [0.5, 0.6) is 0 Å². The van der Waals surface area contributed by atoms with Gasteiger partial charge in [-0.1, -0.05) is 19.9 Å². The summed E-state index contributed by atoms with van der Waals surface area (Å²) in [6, 6.07) is 2.29. The van der Waals surface area contributed by atoms with Crippen LogP contribution in [0, 0.1) is 26.7 Å². The predicted molar refractivity (Wildman–Crippen MR) is 67.1 cm³/mol. The molecule has 0 atom stereocenters. The van der Waals surface area contributed by atoms with Gasteiger partial charge in [0.2, 0.25) is 0 Å². The molecule has 0 aliphatic carbocycles. The van der Waals surface area contributed by atoms with Crippen molar-refractivity contribution in [1.82, 2.24) is 0 Å². The molecule has 1 nitrogen and oxygen atoms in total. The van der Waals surface area contributed by atoms with Gasteiger partial charge in [0.1, 0.15) is 0 Å². The zero-order chi connectivity index (χ0) is 11.6. The van der Waals surface area contributed by atoms with Gasteiger partial charge in [0.15, 0.2) is 0 Å². The van der Waals surface area contributed by atoms with Crippen molar-refractivity contribution >= 4 is 0 Å². The van der Waals surface area contributed by atoms with Crippen LogP contribution >= 0.6 is 0 Å². The molecular formula is C14H23N. The maximum atomic E-state index is 5.77. The lowest BCUT2D eigenvalue weighted by atomic mass is 9.90. The third-order valence-corrected chi connectivity index (χ3v) is 3.28. The van der Waals surface area contributed by atoms with E-state index in [1.165, 1.54) is 27.8 Å². The Morgan fingerprint density at radius 1 is 1.00 bits per heavy atom. The summed E-state index contributed by atoms with van der Waals surface area (Å²) in [7, 11) is 0. The Kier molecular flexibility index (Phi) is 3.92. The first-order chi connectivity index (χ1) is 6.97. The molecule has 1 aromatic carbocycles. The van der Waals surface area contributed by atoms with E-state index in [0.717, 1.165) is 6.42 Å². The van der Waals surface area contributed by atoms with Crippen molar-refractivity contribution in [3.8, 4) is 0 Å². The molecule has 0 fully saturated rings. The Hall–Kier alpha value is -0.820. The van der Waals surface area contributed by atoms with Crippen molar-refractivity contribution in [3.63, 3.8) is 0 Å². The molecule has 0 aromatic heterocycles. The fraction of sp³-hybridized carbons (Fsp3) is 0.571. The highest BCUT2D eigenvalue weighted by atomic mass is 14.5. The minimum absolute atomic E-state index is 0.651. The highest BCUT2D eigenvalue weighted by molar-refractivity contribution is 5.44. The molecule has 1 heteroatoms. The van der Waals surface area contributed by atoms with Gasteiger partial charge in [-0.3, -0.25) is 0 Å². The monoisotopic (exact) mass is 205 g/mol. The lowest BCUT2D eigenvalue weighted by Crippen LogP contribution is -2.06. The van der Waals surface area contributed by atoms with Gasteiger partial charge in [-0.25, -0.2) is 0 Å². The zero-order valence-corrected chi connectivity index (χ0v) is 10.6. The van der Waals surface area contributed by atoms with Gasteiger partial charge in [0.05, 0.1) is 0 Å². The number of rotatable bonds is 3. The average Bonchev–Trinajstić information content (AvgIpc) is 2.18.